The molecule has 1 amide bonds. The molecule has 1 rings (SSSR count). The van der Waals surface area contributed by atoms with Gasteiger partial charge in [0, 0.05) is 17.5 Å². The predicted molar refractivity (Wildman–Crippen MR) is 73.4 cm³/mol. The third-order valence-corrected chi connectivity index (χ3v) is 4.20. The van der Waals surface area contributed by atoms with Crippen molar-refractivity contribution in [3.8, 4) is 0 Å². The molecule has 0 bridgehead atoms. The van der Waals surface area contributed by atoms with Crippen molar-refractivity contribution in [1.82, 2.24) is 5.32 Å². The van der Waals surface area contributed by atoms with Gasteiger partial charge >= 0.3 is 0 Å². The van der Waals surface area contributed by atoms with E-state index in [9.17, 15) is 4.79 Å². The Labute approximate surface area is 113 Å². The van der Waals surface area contributed by atoms with Crippen molar-refractivity contribution in [2.75, 3.05) is 11.9 Å². The lowest BCUT2D eigenvalue weighted by atomic mass is 9.92. The van der Waals surface area contributed by atoms with Gasteiger partial charge in [-0.1, -0.05) is 29.8 Å². The highest BCUT2D eigenvalue weighted by atomic mass is 79.9. The van der Waals surface area contributed by atoms with E-state index in [1.54, 1.807) is 0 Å². The molecule has 100 valence electrons. The maximum atomic E-state index is 12.3. The van der Waals surface area contributed by atoms with E-state index in [4.69, 9.17) is 4.74 Å². The number of amides is 1. The maximum absolute atomic E-state index is 12.3. The van der Waals surface area contributed by atoms with Gasteiger partial charge in [-0.15, -0.1) is 0 Å². The maximum Gasteiger partial charge on any atom is 0.226 e. The molecule has 3 atom stereocenters. The summed E-state index contributed by atoms with van der Waals surface area (Å²) in [6.07, 6.45) is 3.80. The van der Waals surface area contributed by atoms with Gasteiger partial charge in [-0.25, -0.2) is 0 Å². The molecule has 4 heteroatoms. The first-order valence-corrected chi connectivity index (χ1v) is 7.68. The van der Waals surface area contributed by atoms with Crippen LogP contribution in [0, 0.1) is 5.92 Å². The predicted octanol–water partition coefficient (Wildman–Crippen LogP) is 2.87. The Kier molecular flexibility index (Phi) is 5.93. The van der Waals surface area contributed by atoms with Crippen molar-refractivity contribution in [2.45, 2.75) is 58.1 Å². The van der Waals surface area contributed by atoms with E-state index >= 15 is 0 Å². The number of carbonyl (C=O) groups is 1. The zero-order valence-electron chi connectivity index (χ0n) is 11.1. The minimum atomic E-state index is -0.0958. The van der Waals surface area contributed by atoms with E-state index in [2.05, 4.69) is 42.0 Å². The second kappa shape index (κ2) is 6.74. The topological polar surface area (TPSA) is 38.3 Å². The average molecular weight is 306 g/mol. The van der Waals surface area contributed by atoms with Crippen molar-refractivity contribution in [3.63, 3.8) is 0 Å². The molecule has 1 saturated heterocycles. The molecule has 1 N–H and O–H groups in total. The SMILES string of the molecule is CCC1OCCC1C(=O)NC(C)(CC)CCBr. The molecule has 0 spiro atoms. The van der Waals surface area contributed by atoms with Crippen molar-refractivity contribution < 1.29 is 9.53 Å². The van der Waals surface area contributed by atoms with Gasteiger partial charge in [-0.2, -0.15) is 0 Å². The van der Waals surface area contributed by atoms with Crippen LogP contribution in [0.2, 0.25) is 0 Å². The first kappa shape index (κ1) is 15.0. The van der Waals surface area contributed by atoms with Crippen LogP contribution in [0.1, 0.15) is 46.5 Å². The number of ether oxygens (including phenoxy) is 1. The van der Waals surface area contributed by atoms with Crippen LogP contribution in [-0.4, -0.2) is 29.5 Å². The van der Waals surface area contributed by atoms with Crippen molar-refractivity contribution in [3.05, 3.63) is 0 Å². The molecule has 3 nitrogen and oxygen atoms in total. The van der Waals surface area contributed by atoms with Crippen molar-refractivity contribution in [2.24, 2.45) is 5.92 Å². The Morgan fingerprint density at radius 3 is 2.76 bits per heavy atom. The summed E-state index contributed by atoms with van der Waals surface area (Å²) in [5, 5.41) is 4.11. The van der Waals surface area contributed by atoms with E-state index in [0.29, 0.717) is 0 Å². The number of hydrogen-bond donors (Lipinski definition) is 1. The lowest BCUT2D eigenvalue weighted by molar-refractivity contribution is -0.128. The lowest BCUT2D eigenvalue weighted by Gasteiger charge is -2.31. The molecule has 0 aliphatic carbocycles. The van der Waals surface area contributed by atoms with E-state index in [1.807, 2.05) is 0 Å². The highest BCUT2D eigenvalue weighted by Gasteiger charge is 2.35. The minimum absolute atomic E-state index is 0.0428. The van der Waals surface area contributed by atoms with Gasteiger partial charge in [-0.05, 0) is 32.6 Å². The van der Waals surface area contributed by atoms with E-state index < -0.39 is 0 Å². The number of rotatable bonds is 6. The van der Waals surface area contributed by atoms with Crippen LogP contribution in [0.4, 0.5) is 0 Å². The number of alkyl halides is 1. The van der Waals surface area contributed by atoms with E-state index in [-0.39, 0.29) is 23.5 Å². The van der Waals surface area contributed by atoms with Gasteiger partial charge in [-0.3, -0.25) is 4.79 Å². The Bertz CT molecular complexity index is 260. The zero-order chi connectivity index (χ0) is 12.9. The third-order valence-electron chi connectivity index (χ3n) is 3.80. The Morgan fingerprint density at radius 1 is 1.53 bits per heavy atom. The normalized spacial score (nSPS) is 27.8. The Morgan fingerprint density at radius 2 is 2.24 bits per heavy atom. The first-order valence-electron chi connectivity index (χ1n) is 6.56. The molecule has 1 heterocycles. The summed E-state index contributed by atoms with van der Waals surface area (Å²) >= 11 is 3.45. The summed E-state index contributed by atoms with van der Waals surface area (Å²) in [5.41, 5.74) is -0.0958. The molecule has 0 radical (unpaired) electrons. The summed E-state index contributed by atoms with van der Waals surface area (Å²) in [7, 11) is 0. The van der Waals surface area contributed by atoms with Crippen LogP contribution < -0.4 is 5.32 Å². The monoisotopic (exact) mass is 305 g/mol. The standard InChI is InChI=1S/C13H24BrNO2/c1-4-11-10(6-9-17-11)12(16)15-13(3,5-2)7-8-14/h10-11H,4-9H2,1-3H3,(H,15,16). The fourth-order valence-corrected chi connectivity index (χ4v) is 3.15. The quantitative estimate of drug-likeness (QED) is 0.766. The highest BCUT2D eigenvalue weighted by molar-refractivity contribution is 9.09. The van der Waals surface area contributed by atoms with Crippen LogP contribution in [-0.2, 0) is 9.53 Å². The second-order valence-corrected chi connectivity index (χ2v) is 5.85. The van der Waals surface area contributed by atoms with Gasteiger partial charge in [0.1, 0.15) is 0 Å². The second-order valence-electron chi connectivity index (χ2n) is 5.06. The number of carbonyl (C=O) groups excluding carboxylic acids is 1. The first-order chi connectivity index (χ1) is 8.06. The van der Waals surface area contributed by atoms with Gasteiger partial charge < -0.3 is 10.1 Å². The average Bonchev–Trinajstić information content (AvgIpc) is 2.77. The summed E-state index contributed by atoms with van der Waals surface area (Å²) in [6, 6.07) is 0. The molecule has 0 aromatic heterocycles. The summed E-state index contributed by atoms with van der Waals surface area (Å²) in [5.74, 6) is 0.209. The Hall–Kier alpha value is -0.0900. The molecule has 1 aliphatic rings. The highest BCUT2D eigenvalue weighted by Crippen LogP contribution is 2.25. The lowest BCUT2D eigenvalue weighted by Crippen LogP contribution is -2.49. The van der Waals surface area contributed by atoms with Gasteiger partial charge in [0.15, 0.2) is 0 Å². The number of nitrogens with one attached hydrogen (secondary N) is 1. The smallest absolute Gasteiger partial charge is 0.226 e. The molecule has 1 aliphatic heterocycles. The summed E-state index contributed by atoms with van der Waals surface area (Å²) in [4.78, 5) is 12.3. The summed E-state index contributed by atoms with van der Waals surface area (Å²) in [6.45, 7) is 7.03. The molecule has 0 saturated carbocycles. The molecule has 0 aromatic rings. The fraction of sp³-hybridized carbons (Fsp3) is 0.923. The van der Waals surface area contributed by atoms with Crippen LogP contribution >= 0.6 is 15.9 Å². The largest absolute Gasteiger partial charge is 0.377 e. The molecular formula is C13H24BrNO2. The number of halogens is 1. The fourth-order valence-electron chi connectivity index (χ4n) is 2.28. The zero-order valence-corrected chi connectivity index (χ0v) is 12.7. The molecule has 3 unspecified atom stereocenters. The van der Waals surface area contributed by atoms with E-state index in [1.165, 1.54) is 0 Å². The molecule has 1 fully saturated rings. The van der Waals surface area contributed by atoms with Crippen molar-refractivity contribution in [1.29, 1.82) is 0 Å². The van der Waals surface area contributed by atoms with Crippen molar-refractivity contribution >= 4 is 21.8 Å². The van der Waals surface area contributed by atoms with Gasteiger partial charge in [0.25, 0.3) is 0 Å². The molecule has 0 aromatic carbocycles. The molecule has 17 heavy (non-hydrogen) atoms. The van der Waals surface area contributed by atoms with Crippen LogP contribution in [0.5, 0.6) is 0 Å². The van der Waals surface area contributed by atoms with Gasteiger partial charge in [0.05, 0.1) is 12.0 Å². The van der Waals surface area contributed by atoms with E-state index in [0.717, 1.165) is 37.6 Å². The summed E-state index contributed by atoms with van der Waals surface area (Å²) < 4.78 is 5.57. The Balaban J connectivity index is 2.58. The minimum Gasteiger partial charge on any atom is -0.377 e. The van der Waals surface area contributed by atoms with Crippen LogP contribution in [0.15, 0.2) is 0 Å². The van der Waals surface area contributed by atoms with Crippen LogP contribution in [0.3, 0.4) is 0 Å². The molecular weight excluding hydrogens is 282 g/mol. The third kappa shape index (κ3) is 3.95. The van der Waals surface area contributed by atoms with Crippen LogP contribution in [0.25, 0.3) is 0 Å². The van der Waals surface area contributed by atoms with Gasteiger partial charge in [0.2, 0.25) is 5.91 Å². The number of hydrogen-bond acceptors (Lipinski definition) is 2.